The average Bonchev–Trinajstić information content (AvgIpc) is 2.30. The Balaban J connectivity index is 2.47. The van der Waals surface area contributed by atoms with Gasteiger partial charge in [-0.2, -0.15) is 0 Å². The first kappa shape index (κ1) is 13.0. The van der Waals surface area contributed by atoms with Crippen LogP contribution < -0.4 is 5.32 Å². The molecule has 0 aliphatic carbocycles. The lowest BCUT2D eigenvalue weighted by Gasteiger charge is -2.39. The zero-order chi connectivity index (χ0) is 11.3. The van der Waals surface area contributed by atoms with Crippen molar-refractivity contribution >= 4 is 0 Å². The van der Waals surface area contributed by atoms with Crippen LogP contribution in [0.2, 0.25) is 0 Å². The van der Waals surface area contributed by atoms with Crippen molar-refractivity contribution in [3.63, 3.8) is 0 Å². The van der Waals surface area contributed by atoms with Gasteiger partial charge in [0.05, 0.1) is 0 Å². The van der Waals surface area contributed by atoms with Gasteiger partial charge in [0.2, 0.25) is 0 Å². The fourth-order valence-electron chi connectivity index (χ4n) is 2.84. The Hall–Kier alpha value is -0.0800. The largest absolute Gasteiger partial charge is 0.315 e. The highest BCUT2D eigenvalue weighted by atomic mass is 15.2. The molecule has 1 saturated heterocycles. The molecule has 1 heterocycles. The summed E-state index contributed by atoms with van der Waals surface area (Å²) >= 11 is 0. The van der Waals surface area contributed by atoms with Crippen LogP contribution in [-0.2, 0) is 0 Å². The van der Waals surface area contributed by atoms with E-state index in [1.54, 1.807) is 0 Å². The third kappa shape index (κ3) is 3.46. The lowest BCUT2D eigenvalue weighted by Crippen LogP contribution is -2.50. The molecule has 1 aliphatic rings. The summed E-state index contributed by atoms with van der Waals surface area (Å²) in [5, 5.41) is 3.44. The van der Waals surface area contributed by atoms with Crippen molar-refractivity contribution in [3.05, 3.63) is 0 Å². The molecule has 2 heteroatoms. The van der Waals surface area contributed by atoms with Gasteiger partial charge >= 0.3 is 0 Å². The number of likely N-dealkylation sites (N-methyl/N-ethyl adjacent to an activating group) is 1. The van der Waals surface area contributed by atoms with Crippen LogP contribution in [0, 0.1) is 5.92 Å². The minimum Gasteiger partial charge on any atom is -0.315 e. The highest BCUT2D eigenvalue weighted by Crippen LogP contribution is 2.22. The van der Waals surface area contributed by atoms with E-state index >= 15 is 0 Å². The third-order valence-electron chi connectivity index (χ3n) is 4.10. The molecular formula is C13H28N2. The van der Waals surface area contributed by atoms with Crippen LogP contribution in [0.5, 0.6) is 0 Å². The molecule has 2 nitrogen and oxygen atoms in total. The van der Waals surface area contributed by atoms with Crippen molar-refractivity contribution < 1.29 is 0 Å². The van der Waals surface area contributed by atoms with Gasteiger partial charge in [0.15, 0.2) is 0 Å². The summed E-state index contributed by atoms with van der Waals surface area (Å²) in [7, 11) is 2.09. The highest BCUT2D eigenvalue weighted by molar-refractivity contribution is 4.83. The molecule has 0 bridgehead atoms. The maximum Gasteiger partial charge on any atom is 0.0220 e. The van der Waals surface area contributed by atoms with Crippen molar-refractivity contribution in [1.29, 1.82) is 0 Å². The fourth-order valence-corrected chi connectivity index (χ4v) is 2.84. The zero-order valence-electron chi connectivity index (χ0n) is 10.9. The number of nitrogens with zero attached hydrogens (tertiary/aromatic N) is 1. The van der Waals surface area contributed by atoms with E-state index in [2.05, 4.69) is 38.0 Å². The van der Waals surface area contributed by atoms with E-state index in [4.69, 9.17) is 0 Å². The van der Waals surface area contributed by atoms with Crippen LogP contribution >= 0.6 is 0 Å². The van der Waals surface area contributed by atoms with Gasteiger partial charge < -0.3 is 5.32 Å². The first-order valence-electron chi connectivity index (χ1n) is 6.64. The summed E-state index contributed by atoms with van der Waals surface area (Å²) in [6.45, 7) is 9.60. The van der Waals surface area contributed by atoms with Gasteiger partial charge in [0, 0.05) is 18.6 Å². The monoisotopic (exact) mass is 212 g/mol. The van der Waals surface area contributed by atoms with Crippen molar-refractivity contribution in [2.45, 2.75) is 58.5 Å². The molecule has 0 aromatic heterocycles. The molecule has 0 saturated carbocycles. The minimum atomic E-state index is 0.653. The predicted molar refractivity (Wildman–Crippen MR) is 67.2 cm³/mol. The number of hydrogen-bond acceptors (Lipinski definition) is 2. The second-order valence-electron chi connectivity index (χ2n) is 4.96. The minimum absolute atomic E-state index is 0.653. The van der Waals surface area contributed by atoms with Crippen LogP contribution in [-0.4, -0.2) is 37.1 Å². The Labute approximate surface area is 95.4 Å². The van der Waals surface area contributed by atoms with E-state index in [1.807, 2.05) is 0 Å². The van der Waals surface area contributed by atoms with E-state index < -0.39 is 0 Å². The standard InChI is InChI=1S/C13H28N2/c1-5-12-8-7-9-15(10-12)11(3)13(6-2)14-4/h11-14H,5-10H2,1-4H3. The first-order chi connectivity index (χ1) is 7.22. The van der Waals surface area contributed by atoms with E-state index in [1.165, 1.54) is 38.8 Å². The Morgan fingerprint density at radius 2 is 2.13 bits per heavy atom. The molecule has 90 valence electrons. The van der Waals surface area contributed by atoms with Crippen molar-refractivity contribution in [1.82, 2.24) is 10.2 Å². The van der Waals surface area contributed by atoms with Crippen molar-refractivity contribution in [2.75, 3.05) is 20.1 Å². The van der Waals surface area contributed by atoms with Gasteiger partial charge in [-0.3, -0.25) is 4.90 Å². The molecule has 1 rings (SSSR count). The van der Waals surface area contributed by atoms with E-state index in [9.17, 15) is 0 Å². The summed E-state index contributed by atoms with van der Waals surface area (Å²) in [5.41, 5.74) is 0. The van der Waals surface area contributed by atoms with Gasteiger partial charge in [-0.1, -0.05) is 20.3 Å². The van der Waals surface area contributed by atoms with Crippen LogP contribution in [0.1, 0.15) is 46.5 Å². The molecule has 0 aromatic carbocycles. The van der Waals surface area contributed by atoms with Crippen molar-refractivity contribution in [3.8, 4) is 0 Å². The second kappa shape index (κ2) is 6.49. The normalized spacial score (nSPS) is 27.6. The maximum absolute atomic E-state index is 3.44. The molecule has 0 spiro atoms. The lowest BCUT2D eigenvalue weighted by atomic mass is 9.93. The molecule has 1 N–H and O–H groups in total. The molecule has 0 amide bonds. The second-order valence-corrected chi connectivity index (χ2v) is 4.96. The predicted octanol–water partition coefficient (Wildman–Crippen LogP) is 2.49. The Morgan fingerprint density at radius 1 is 1.40 bits per heavy atom. The van der Waals surface area contributed by atoms with Gasteiger partial charge in [0.1, 0.15) is 0 Å². The van der Waals surface area contributed by atoms with Gasteiger partial charge in [0.25, 0.3) is 0 Å². The van der Waals surface area contributed by atoms with Crippen LogP contribution in [0.15, 0.2) is 0 Å². The number of nitrogens with one attached hydrogen (secondary N) is 1. The fraction of sp³-hybridized carbons (Fsp3) is 1.00. The summed E-state index contributed by atoms with van der Waals surface area (Å²) in [6, 6.07) is 1.34. The highest BCUT2D eigenvalue weighted by Gasteiger charge is 2.25. The molecule has 1 fully saturated rings. The summed E-state index contributed by atoms with van der Waals surface area (Å²) in [6.07, 6.45) is 5.41. The van der Waals surface area contributed by atoms with E-state index in [0.717, 1.165) is 5.92 Å². The van der Waals surface area contributed by atoms with E-state index in [-0.39, 0.29) is 0 Å². The molecule has 1 aliphatic heterocycles. The number of hydrogen-bond donors (Lipinski definition) is 1. The number of rotatable bonds is 5. The maximum atomic E-state index is 3.44. The Bertz CT molecular complexity index is 166. The smallest absolute Gasteiger partial charge is 0.0220 e. The Kier molecular flexibility index (Phi) is 5.62. The van der Waals surface area contributed by atoms with Crippen LogP contribution in [0.3, 0.4) is 0 Å². The molecule has 15 heavy (non-hydrogen) atoms. The molecular weight excluding hydrogens is 184 g/mol. The summed E-state index contributed by atoms with van der Waals surface area (Å²) in [5.74, 6) is 0.940. The van der Waals surface area contributed by atoms with Crippen LogP contribution in [0.4, 0.5) is 0 Å². The first-order valence-corrected chi connectivity index (χ1v) is 6.64. The van der Waals surface area contributed by atoms with E-state index in [0.29, 0.717) is 12.1 Å². The SMILES string of the molecule is CCC1CCCN(C(C)C(CC)NC)C1. The topological polar surface area (TPSA) is 15.3 Å². The summed E-state index contributed by atoms with van der Waals surface area (Å²) in [4.78, 5) is 2.68. The van der Waals surface area contributed by atoms with Crippen molar-refractivity contribution in [2.24, 2.45) is 5.92 Å². The van der Waals surface area contributed by atoms with Gasteiger partial charge in [-0.05, 0) is 45.7 Å². The summed E-state index contributed by atoms with van der Waals surface area (Å²) < 4.78 is 0. The molecule has 0 aromatic rings. The van der Waals surface area contributed by atoms with Gasteiger partial charge in [-0.15, -0.1) is 0 Å². The molecule has 0 radical (unpaired) electrons. The third-order valence-corrected chi connectivity index (χ3v) is 4.10. The number of piperidine rings is 1. The zero-order valence-corrected chi connectivity index (χ0v) is 10.9. The number of likely N-dealkylation sites (tertiary alicyclic amines) is 1. The quantitative estimate of drug-likeness (QED) is 0.753. The molecule has 3 atom stereocenters. The van der Waals surface area contributed by atoms with Gasteiger partial charge in [-0.25, -0.2) is 0 Å². The average molecular weight is 212 g/mol. The lowest BCUT2D eigenvalue weighted by molar-refractivity contribution is 0.106. The van der Waals surface area contributed by atoms with Crippen LogP contribution in [0.25, 0.3) is 0 Å². The molecule has 3 unspecified atom stereocenters. The Morgan fingerprint density at radius 3 is 2.67 bits per heavy atom.